The number of ether oxygens (including phenoxy) is 2. The number of rotatable bonds is 7. The van der Waals surface area contributed by atoms with E-state index in [4.69, 9.17) is 15.2 Å². The molecular weight excluding hydrogens is 318 g/mol. The van der Waals surface area contributed by atoms with Gasteiger partial charge in [0.25, 0.3) is 0 Å². The normalized spacial score (nSPS) is 20.1. The van der Waals surface area contributed by atoms with E-state index in [0.717, 1.165) is 42.7 Å². The quantitative estimate of drug-likeness (QED) is 0.769. The number of nitrogens with two attached hydrogens (primary N) is 1. The molecule has 0 amide bonds. The van der Waals surface area contributed by atoms with E-state index in [1.165, 1.54) is 18.4 Å². The van der Waals surface area contributed by atoms with Crippen molar-refractivity contribution in [3.05, 3.63) is 28.2 Å². The van der Waals surface area contributed by atoms with Gasteiger partial charge in [-0.05, 0) is 66.6 Å². The van der Waals surface area contributed by atoms with E-state index in [1.807, 2.05) is 19.1 Å². The van der Waals surface area contributed by atoms with Crippen molar-refractivity contribution in [2.75, 3.05) is 13.2 Å². The molecular formula is C16H24BrNO2. The van der Waals surface area contributed by atoms with Crippen LogP contribution in [-0.4, -0.2) is 25.4 Å². The minimum Gasteiger partial charge on any atom is -0.492 e. The fraction of sp³-hybridized carbons (Fsp3) is 0.625. The van der Waals surface area contributed by atoms with Gasteiger partial charge in [0, 0.05) is 12.6 Å². The molecule has 2 N–H and O–H groups in total. The van der Waals surface area contributed by atoms with Crippen molar-refractivity contribution in [1.29, 1.82) is 0 Å². The lowest BCUT2D eigenvalue weighted by molar-refractivity contribution is 0.0980. The summed E-state index contributed by atoms with van der Waals surface area (Å²) in [7, 11) is 0. The van der Waals surface area contributed by atoms with Crippen LogP contribution >= 0.6 is 15.9 Å². The molecule has 0 spiro atoms. The van der Waals surface area contributed by atoms with Gasteiger partial charge in [-0.1, -0.05) is 12.1 Å². The third-order valence-corrected chi connectivity index (χ3v) is 4.16. The van der Waals surface area contributed by atoms with Crippen LogP contribution in [0.4, 0.5) is 0 Å². The average molecular weight is 342 g/mol. The Morgan fingerprint density at radius 3 is 3.05 bits per heavy atom. The molecule has 1 aliphatic heterocycles. The number of benzene rings is 1. The Balaban J connectivity index is 1.84. The second-order valence-electron chi connectivity index (χ2n) is 5.54. The Morgan fingerprint density at radius 2 is 2.35 bits per heavy atom. The molecule has 0 radical (unpaired) electrons. The lowest BCUT2D eigenvalue weighted by atomic mass is 10.1. The first kappa shape index (κ1) is 15.8. The molecule has 0 bridgehead atoms. The summed E-state index contributed by atoms with van der Waals surface area (Å²) in [6.07, 6.45) is 5.80. The minimum absolute atomic E-state index is 0.138. The lowest BCUT2D eigenvalue weighted by Crippen LogP contribution is -2.18. The van der Waals surface area contributed by atoms with Crippen LogP contribution in [0.3, 0.4) is 0 Å². The zero-order valence-electron chi connectivity index (χ0n) is 12.1. The SMILES string of the molecule is CC(N)Cc1cccc(Br)c1OCCCC1CCCO1. The maximum absolute atomic E-state index is 5.97. The van der Waals surface area contributed by atoms with Crippen molar-refractivity contribution in [3.63, 3.8) is 0 Å². The summed E-state index contributed by atoms with van der Waals surface area (Å²) in [5, 5.41) is 0. The fourth-order valence-corrected chi connectivity index (χ4v) is 3.10. The molecule has 1 heterocycles. The molecule has 1 aromatic rings. The molecule has 1 aliphatic rings. The zero-order valence-corrected chi connectivity index (χ0v) is 13.7. The van der Waals surface area contributed by atoms with Gasteiger partial charge in [-0.3, -0.25) is 0 Å². The predicted octanol–water partition coefficient (Wildman–Crippen LogP) is 3.68. The van der Waals surface area contributed by atoms with Crippen molar-refractivity contribution in [2.24, 2.45) is 5.73 Å². The highest BCUT2D eigenvalue weighted by molar-refractivity contribution is 9.10. The van der Waals surface area contributed by atoms with E-state index in [1.54, 1.807) is 0 Å². The Morgan fingerprint density at radius 1 is 1.50 bits per heavy atom. The number of halogens is 1. The average Bonchev–Trinajstić information content (AvgIpc) is 2.89. The van der Waals surface area contributed by atoms with Crippen molar-refractivity contribution in [2.45, 2.75) is 51.2 Å². The van der Waals surface area contributed by atoms with E-state index in [0.29, 0.717) is 6.10 Å². The summed E-state index contributed by atoms with van der Waals surface area (Å²) >= 11 is 3.56. The maximum atomic E-state index is 5.97. The highest BCUT2D eigenvalue weighted by Gasteiger charge is 2.15. The van der Waals surface area contributed by atoms with Crippen LogP contribution in [0.1, 0.15) is 38.2 Å². The molecule has 2 unspecified atom stereocenters. The zero-order chi connectivity index (χ0) is 14.4. The van der Waals surface area contributed by atoms with Crippen LogP contribution in [0.5, 0.6) is 5.75 Å². The third-order valence-electron chi connectivity index (χ3n) is 3.53. The smallest absolute Gasteiger partial charge is 0.136 e. The highest BCUT2D eigenvalue weighted by atomic mass is 79.9. The monoisotopic (exact) mass is 341 g/mol. The van der Waals surface area contributed by atoms with Gasteiger partial charge in [0.1, 0.15) is 5.75 Å². The molecule has 0 aromatic heterocycles. The van der Waals surface area contributed by atoms with Gasteiger partial charge in [-0.2, -0.15) is 0 Å². The van der Waals surface area contributed by atoms with Crippen LogP contribution in [-0.2, 0) is 11.2 Å². The Bertz CT molecular complexity index is 417. The third kappa shape index (κ3) is 4.76. The first-order valence-electron chi connectivity index (χ1n) is 7.44. The Kier molecular flexibility index (Phi) is 6.33. The maximum Gasteiger partial charge on any atom is 0.136 e. The molecule has 4 heteroatoms. The van der Waals surface area contributed by atoms with Gasteiger partial charge in [-0.25, -0.2) is 0 Å². The first-order chi connectivity index (χ1) is 9.66. The van der Waals surface area contributed by atoms with E-state index >= 15 is 0 Å². The molecule has 0 saturated carbocycles. The van der Waals surface area contributed by atoms with Gasteiger partial charge in [0.15, 0.2) is 0 Å². The van der Waals surface area contributed by atoms with Crippen LogP contribution < -0.4 is 10.5 Å². The van der Waals surface area contributed by atoms with Crippen LogP contribution in [0.15, 0.2) is 22.7 Å². The molecule has 1 fully saturated rings. The molecule has 1 aromatic carbocycles. The number of hydrogen-bond donors (Lipinski definition) is 1. The topological polar surface area (TPSA) is 44.5 Å². The van der Waals surface area contributed by atoms with Gasteiger partial charge >= 0.3 is 0 Å². The first-order valence-corrected chi connectivity index (χ1v) is 8.23. The summed E-state index contributed by atoms with van der Waals surface area (Å²) in [5.41, 5.74) is 7.07. The molecule has 2 rings (SSSR count). The van der Waals surface area contributed by atoms with Crippen molar-refractivity contribution < 1.29 is 9.47 Å². The summed E-state index contributed by atoms with van der Waals surface area (Å²) in [5.74, 6) is 0.942. The Hall–Kier alpha value is -0.580. The van der Waals surface area contributed by atoms with E-state index in [-0.39, 0.29) is 6.04 Å². The van der Waals surface area contributed by atoms with E-state index in [9.17, 15) is 0 Å². The predicted molar refractivity (Wildman–Crippen MR) is 85.2 cm³/mol. The van der Waals surface area contributed by atoms with Gasteiger partial charge in [0.2, 0.25) is 0 Å². The summed E-state index contributed by atoms with van der Waals surface area (Å²) < 4.78 is 12.6. The summed E-state index contributed by atoms with van der Waals surface area (Å²) in [6.45, 7) is 3.67. The second kappa shape index (κ2) is 8.01. The molecule has 3 nitrogen and oxygen atoms in total. The molecule has 0 aliphatic carbocycles. The molecule has 2 atom stereocenters. The number of para-hydroxylation sites is 1. The van der Waals surface area contributed by atoms with Crippen LogP contribution in [0.2, 0.25) is 0 Å². The van der Waals surface area contributed by atoms with Gasteiger partial charge in [-0.15, -0.1) is 0 Å². The van der Waals surface area contributed by atoms with Crippen molar-refractivity contribution in [3.8, 4) is 5.75 Å². The van der Waals surface area contributed by atoms with E-state index in [2.05, 4.69) is 22.0 Å². The van der Waals surface area contributed by atoms with Gasteiger partial charge in [0.05, 0.1) is 17.2 Å². The van der Waals surface area contributed by atoms with Gasteiger partial charge < -0.3 is 15.2 Å². The van der Waals surface area contributed by atoms with Crippen molar-refractivity contribution in [1.82, 2.24) is 0 Å². The standard InChI is InChI=1S/C16H24BrNO2/c1-12(18)11-13-5-2-8-15(17)16(13)20-10-4-7-14-6-3-9-19-14/h2,5,8,12,14H,3-4,6-7,9-11,18H2,1H3. The largest absolute Gasteiger partial charge is 0.492 e. The fourth-order valence-electron chi connectivity index (χ4n) is 2.58. The van der Waals surface area contributed by atoms with Crippen LogP contribution in [0.25, 0.3) is 0 Å². The molecule has 20 heavy (non-hydrogen) atoms. The second-order valence-corrected chi connectivity index (χ2v) is 6.39. The minimum atomic E-state index is 0.138. The van der Waals surface area contributed by atoms with E-state index < -0.39 is 0 Å². The lowest BCUT2D eigenvalue weighted by Gasteiger charge is -2.15. The van der Waals surface area contributed by atoms with Crippen LogP contribution in [0, 0.1) is 0 Å². The highest BCUT2D eigenvalue weighted by Crippen LogP contribution is 2.30. The molecule has 112 valence electrons. The number of hydrogen-bond acceptors (Lipinski definition) is 3. The summed E-state index contributed by atoms with van der Waals surface area (Å²) in [4.78, 5) is 0. The molecule has 1 saturated heterocycles. The Labute approximate surface area is 130 Å². The van der Waals surface area contributed by atoms with Crippen molar-refractivity contribution >= 4 is 15.9 Å². The summed E-state index contributed by atoms with van der Waals surface area (Å²) in [6, 6.07) is 6.27.